The van der Waals surface area contributed by atoms with Gasteiger partial charge >= 0.3 is 0 Å². The van der Waals surface area contributed by atoms with Gasteiger partial charge in [-0.15, -0.1) is 11.3 Å². The standard InChI is InChI=1S/C29H32N4S/c1-21-12-14-24-25(20-21)34-29-27(24)28(30-26(31-29)15-13-22-8-4-2-5-9-22)33-18-16-32(17-19-33)23-10-6-3-7-11-23/h2-11,21H,12-20H2,1H3. The molecule has 1 fully saturated rings. The first kappa shape index (κ1) is 21.6. The number of nitrogens with zero attached hydrogens (tertiary/aromatic N) is 4. The van der Waals surface area contributed by atoms with Gasteiger partial charge in [-0.3, -0.25) is 0 Å². The zero-order valence-electron chi connectivity index (χ0n) is 19.9. The van der Waals surface area contributed by atoms with E-state index in [-0.39, 0.29) is 0 Å². The molecule has 6 rings (SSSR count). The van der Waals surface area contributed by atoms with Crippen LogP contribution in [0, 0.1) is 5.92 Å². The third-order valence-electron chi connectivity index (χ3n) is 7.36. The van der Waals surface area contributed by atoms with E-state index < -0.39 is 0 Å². The normalized spacial score (nSPS) is 18.3. The molecule has 5 heteroatoms. The lowest BCUT2D eigenvalue weighted by Gasteiger charge is -2.37. The van der Waals surface area contributed by atoms with Gasteiger partial charge in [0.2, 0.25) is 0 Å². The molecule has 0 amide bonds. The summed E-state index contributed by atoms with van der Waals surface area (Å²) in [7, 11) is 0. The van der Waals surface area contributed by atoms with Crippen molar-refractivity contribution in [3.8, 4) is 0 Å². The topological polar surface area (TPSA) is 32.3 Å². The van der Waals surface area contributed by atoms with Crippen LogP contribution in [0.3, 0.4) is 0 Å². The highest BCUT2D eigenvalue weighted by Gasteiger charge is 2.27. The maximum Gasteiger partial charge on any atom is 0.141 e. The minimum Gasteiger partial charge on any atom is -0.368 e. The van der Waals surface area contributed by atoms with Crippen LogP contribution in [0.5, 0.6) is 0 Å². The van der Waals surface area contributed by atoms with Crippen molar-refractivity contribution < 1.29 is 0 Å². The van der Waals surface area contributed by atoms with Crippen molar-refractivity contribution in [2.24, 2.45) is 5.92 Å². The summed E-state index contributed by atoms with van der Waals surface area (Å²) in [4.78, 5) is 18.1. The van der Waals surface area contributed by atoms with Crippen molar-refractivity contribution in [3.63, 3.8) is 0 Å². The minimum absolute atomic E-state index is 0.768. The monoisotopic (exact) mass is 468 g/mol. The number of hydrogen-bond acceptors (Lipinski definition) is 5. The van der Waals surface area contributed by atoms with Crippen molar-refractivity contribution in [3.05, 3.63) is 82.5 Å². The molecule has 34 heavy (non-hydrogen) atoms. The van der Waals surface area contributed by atoms with Gasteiger partial charge in [-0.05, 0) is 54.9 Å². The van der Waals surface area contributed by atoms with Gasteiger partial charge in [0.1, 0.15) is 16.5 Å². The van der Waals surface area contributed by atoms with Crippen molar-refractivity contribution in [2.75, 3.05) is 36.0 Å². The molecule has 4 nitrogen and oxygen atoms in total. The van der Waals surface area contributed by atoms with Gasteiger partial charge in [0.25, 0.3) is 0 Å². The van der Waals surface area contributed by atoms with E-state index in [0.717, 1.165) is 50.8 Å². The quantitative estimate of drug-likeness (QED) is 0.363. The number of benzene rings is 2. The van der Waals surface area contributed by atoms with Crippen LogP contribution in [-0.2, 0) is 25.7 Å². The lowest BCUT2D eigenvalue weighted by atomic mass is 9.89. The predicted molar refractivity (Wildman–Crippen MR) is 143 cm³/mol. The molecule has 2 aliphatic rings. The zero-order valence-corrected chi connectivity index (χ0v) is 20.7. The van der Waals surface area contributed by atoms with Gasteiger partial charge in [-0.2, -0.15) is 0 Å². The predicted octanol–water partition coefficient (Wildman–Crippen LogP) is 5.93. The Bertz CT molecular complexity index is 1260. The van der Waals surface area contributed by atoms with Crippen molar-refractivity contribution in [1.82, 2.24) is 9.97 Å². The van der Waals surface area contributed by atoms with Crippen molar-refractivity contribution in [2.45, 2.75) is 39.0 Å². The van der Waals surface area contributed by atoms with E-state index in [1.807, 2.05) is 11.3 Å². The average Bonchev–Trinajstić information content (AvgIpc) is 3.25. The number of rotatable bonds is 5. The number of aromatic nitrogens is 2. The molecule has 0 N–H and O–H groups in total. The second-order valence-corrected chi connectivity index (χ2v) is 10.9. The summed E-state index contributed by atoms with van der Waals surface area (Å²) >= 11 is 1.93. The number of piperazine rings is 1. The molecule has 174 valence electrons. The van der Waals surface area contributed by atoms with E-state index in [4.69, 9.17) is 9.97 Å². The second kappa shape index (κ2) is 9.38. The van der Waals surface area contributed by atoms with Gasteiger partial charge in [0.05, 0.1) is 5.39 Å². The lowest BCUT2D eigenvalue weighted by molar-refractivity contribution is 0.509. The van der Waals surface area contributed by atoms with Crippen LogP contribution in [0.4, 0.5) is 11.5 Å². The number of fused-ring (bicyclic) bond motifs is 3. The Morgan fingerprint density at radius 2 is 1.56 bits per heavy atom. The maximum absolute atomic E-state index is 5.24. The summed E-state index contributed by atoms with van der Waals surface area (Å²) in [5.74, 6) is 2.94. The Kier molecular flexibility index (Phi) is 5.96. The van der Waals surface area contributed by atoms with E-state index in [2.05, 4.69) is 77.4 Å². The summed E-state index contributed by atoms with van der Waals surface area (Å²) in [6, 6.07) is 21.5. The first-order valence-corrected chi connectivity index (χ1v) is 13.5. The van der Waals surface area contributed by atoms with Gasteiger partial charge in [0, 0.05) is 43.2 Å². The number of thiophene rings is 1. The largest absolute Gasteiger partial charge is 0.368 e. The summed E-state index contributed by atoms with van der Waals surface area (Å²) in [5, 5.41) is 1.35. The fraction of sp³-hybridized carbons (Fsp3) is 0.379. The van der Waals surface area contributed by atoms with E-state index in [1.54, 1.807) is 4.88 Å². The van der Waals surface area contributed by atoms with Crippen LogP contribution in [0.25, 0.3) is 10.2 Å². The third kappa shape index (κ3) is 4.29. The molecule has 1 aliphatic heterocycles. The van der Waals surface area contributed by atoms with E-state index in [9.17, 15) is 0 Å². The third-order valence-corrected chi connectivity index (χ3v) is 8.51. The van der Waals surface area contributed by atoms with E-state index in [1.165, 1.54) is 52.1 Å². The molecule has 1 unspecified atom stereocenters. The summed E-state index contributed by atoms with van der Waals surface area (Å²) in [6.45, 7) is 6.44. The van der Waals surface area contributed by atoms with Gasteiger partial charge in [-0.25, -0.2) is 9.97 Å². The number of hydrogen-bond donors (Lipinski definition) is 0. The van der Waals surface area contributed by atoms with Crippen LogP contribution in [0.15, 0.2) is 60.7 Å². The molecule has 3 heterocycles. The molecule has 4 aromatic rings. The zero-order chi connectivity index (χ0) is 22.9. The number of anilines is 2. The fourth-order valence-corrected chi connectivity index (χ4v) is 6.82. The van der Waals surface area contributed by atoms with E-state index >= 15 is 0 Å². The molecule has 0 bridgehead atoms. The van der Waals surface area contributed by atoms with E-state index in [0.29, 0.717) is 0 Å². The molecule has 1 aliphatic carbocycles. The molecule has 2 aromatic carbocycles. The molecular formula is C29H32N4S. The lowest BCUT2D eigenvalue weighted by Crippen LogP contribution is -2.47. The van der Waals surface area contributed by atoms with Crippen LogP contribution < -0.4 is 9.80 Å². The van der Waals surface area contributed by atoms with Gasteiger partial charge in [0.15, 0.2) is 0 Å². The minimum atomic E-state index is 0.768. The fourth-order valence-electron chi connectivity index (χ4n) is 5.42. The molecule has 0 radical (unpaired) electrons. The molecular weight excluding hydrogens is 436 g/mol. The highest BCUT2D eigenvalue weighted by Crippen LogP contribution is 2.41. The van der Waals surface area contributed by atoms with Gasteiger partial charge < -0.3 is 9.80 Å². The smallest absolute Gasteiger partial charge is 0.141 e. The Balaban J connectivity index is 1.32. The van der Waals surface area contributed by atoms with Crippen LogP contribution in [0.2, 0.25) is 0 Å². The summed E-state index contributed by atoms with van der Waals surface area (Å²) in [5.41, 5.74) is 4.21. The molecule has 1 saturated heterocycles. The van der Waals surface area contributed by atoms with Crippen LogP contribution >= 0.6 is 11.3 Å². The highest BCUT2D eigenvalue weighted by molar-refractivity contribution is 7.19. The highest BCUT2D eigenvalue weighted by atomic mass is 32.1. The Labute approximate surface area is 206 Å². The molecule has 0 saturated carbocycles. The van der Waals surface area contributed by atoms with Gasteiger partial charge in [-0.1, -0.05) is 55.5 Å². The summed E-state index contributed by atoms with van der Waals surface area (Å²) in [6.07, 6.45) is 5.50. The van der Waals surface area contributed by atoms with Crippen molar-refractivity contribution in [1.29, 1.82) is 0 Å². The Morgan fingerprint density at radius 3 is 2.32 bits per heavy atom. The Morgan fingerprint density at radius 1 is 0.853 bits per heavy atom. The van der Waals surface area contributed by atoms with Crippen LogP contribution in [-0.4, -0.2) is 36.1 Å². The number of para-hydroxylation sites is 1. The molecule has 1 atom stereocenters. The van der Waals surface area contributed by atoms with Crippen LogP contribution in [0.1, 0.15) is 35.2 Å². The number of aryl methyl sites for hydroxylation is 3. The summed E-state index contributed by atoms with van der Waals surface area (Å²) < 4.78 is 0. The second-order valence-electron chi connectivity index (χ2n) is 9.79. The SMILES string of the molecule is CC1CCc2c(sc3nc(CCc4ccccc4)nc(N4CCN(c5ccccc5)CC4)c23)C1. The molecule has 0 spiro atoms. The van der Waals surface area contributed by atoms with Crippen molar-refractivity contribution >= 4 is 33.1 Å². The molecule has 2 aromatic heterocycles. The first-order valence-electron chi connectivity index (χ1n) is 12.6. The Hall–Kier alpha value is -2.92. The average molecular weight is 469 g/mol. The maximum atomic E-state index is 5.24. The first-order chi connectivity index (χ1) is 16.7.